The Bertz CT molecular complexity index is 1310. The zero-order chi connectivity index (χ0) is 33.7. The number of carboxylic acid groups (broad SMARTS) is 1. The molecule has 2 aromatic rings. The minimum absolute atomic E-state index is 0.0122. The van der Waals surface area contributed by atoms with Crippen molar-refractivity contribution in [1.82, 2.24) is 9.29 Å². The molecule has 0 bridgehead atoms. The molecule has 252 valence electrons. The van der Waals surface area contributed by atoms with Crippen LogP contribution in [0.1, 0.15) is 66.8 Å². The fraction of sp³-hybridized carbons (Fsp3) is 0.571. The highest BCUT2D eigenvalue weighted by Crippen LogP contribution is 2.37. The molecule has 17 heteroatoms. The fourth-order valence-corrected chi connectivity index (χ4v) is 5.90. The van der Waals surface area contributed by atoms with Crippen LogP contribution in [0.4, 0.5) is 45.3 Å². The third kappa shape index (κ3) is 10.6. The molecule has 1 atom stereocenters. The molecule has 1 aromatic heterocycles. The normalized spacial score (nSPS) is 18.7. The van der Waals surface area contributed by atoms with Crippen LogP contribution >= 0.6 is 0 Å². The van der Waals surface area contributed by atoms with Gasteiger partial charge in [0.1, 0.15) is 5.82 Å². The molecule has 1 N–H and O–H groups in total. The topological polar surface area (TPSA) is 96.8 Å². The number of pyridine rings is 1. The van der Waals surface area contributed by atoms with Crippen LogP contribution in [0.25, 0.3) is 0 Å². The van der Waals surface area contributed by atoms with Crippen molar-refractivity contribution in [3.05, 3.63) is 58.3 Å². The highest BCUT2D eigenvalue weighted by molar-refractivity contribution is 7.76. The minimum Gasteiger partial charge on any atom is -0.760 e. The first-order valence-corrected chi connectivity index (χ1v) is 15.0. The quantitative estimate of drug-likeness (QED) is 0.191. The maximum atomic E-state index is 13.6. The summed E-state index contributed by atoms with van der Waals surface area (Å²) < 4.78 is 145. The third-order valence-corrected chi connectivity index (χ3v) is 8.45. The molecule has 3 rings (SSSR count). The van der Waals surface area contributed by atoms with Gasteiger partial charge in [-0.2, -0.15) is 39.5 Å². The van der Waals surface area contributed by atoms with Crippen LogP contribution < -0.4 is 4.90 Å². The minimum atomic E-state index is -5.12. The van der Waals surface area contributed by atoms with E-state index >= 15 is 0 Å². The van der Waals surface area contributed by atoms with E-state index in [0.29, 0.717) is 54.9 Å². The average molecular weight is 677 g/mol. The predicted octanol–water partition coefficient (Wildman–Crippen LogP) is 7.08. The summed E-state index contributed by atoms with van der Waals surface area (Å²) in [6.45, 7) is 1.01. The van der Waals surface area contributed by atoms with E-state index in [-0.39, 0.29) is 42.2 Å². The van der Waals surface area contributed by atoms with Crippen molar-refractivity contribution in [3.8, 4) is 0 Å². The maximum Gasteiger partial charge on any atom is 0.417 e. The Kier molecular flexibility index (Phi) is 11.9. The second-order valence-electron chi connectivity index (χ2n) is 11.0. The molecule has 1 heterocycles. The average Bonchev–Trinajstić information content (AvgIpc) is 2.93. The molecule has 1 aliphatic rings. The first-order chi connectivity index (χ1) is 20.8. The van der Waals surface area contributed by atoms with Crippen molar-refractivity contribution in [1.29, 1.82) is 0 Å². The molecule has 45 heavy (non-hydrogen) atoms. The zero-order valence-corrected chi connectivity index (χ0v) is 24.8. The lowest BCUT2D eigenvalue weighted by atomic mass is 9.80. The summed E-state index contributed by atoms with van der Waals surface area (Å²) in [5.41, 5.74) is -4.96. The molecular formula is C28H31F9N3O4S-. The van der Waals surface area contributed by atoms with E-state index in [1.54, 1.807) is 11.8 Å². The number of hydrogen-bond acceptors (Lipinski definition) is 5. The molecule has 0 amide bonds. The molecule has 0 aliphatic heterocycles. The highest BCUT2D eigenvalue weighted by Gasteiger charge is 2.37. The molecule has 1 saturated carbocycles. The van der Waals surface area contributed by atoms with Gasteiger partial charge >= 0.3 is 24.5 Å². The van der Waals surface area contributed by atoms with Gasteiger partial charge in [0, 0.05) is 55.6 Å². The number of hydrogen-bond donors (Lipinski definition) is 1. The Morgan fingerprint density at radius 2 is 1.44 bits per heavy atom. The summed E-state index contributed by atoms with van der Waals surface area (Å²) in [6.07, 6.45) is -12.4. The monoisotopic (exact) mass is 676 g/mol. The summed E-state index contributed by atoms with van der Waals surface area (Å²) >= 11 is -3.13. The molecule has 7 nitrogen and oxygen atoms in total. The molecule has 0 saturated heterocycles. The summed E-state index contributed by atoms with van der Waals surface area (Å²) in [5, 5.41) is 9.04. The van der Waals surface area contributed by atoms with Gasteiger partial charge in [0.15, 0.2) is 0 Å². The van der Waals surface area contributed by atoms with Gasteiger partial charge in [-0.1, -0.05) is 0 Å². The first kappa shape index (κ1) is 36.5. The second-order valence-corrected chi connectivity index (χ2v) is 11.9. The highest BCUT2D eigenvalue weighted by atomic mass is 32.2. The van der Waals surface area contributed by atoms with Gasteiger partial charge in [0.25, 0.3) is 0 Å². The first-order valence-electron chi connectivity index (χ1n) is 13.9. The molecular weight excluding hydrogens is 645 g/mol. The summed E-state index contributed by atoms with van der Waals surface area (Å²) in [5.74, 6) is -0.785. The van der Waals surface area contributed by atoms with Crippen LogP contribution in [0.5, 0.6) is 0 Å². The van der Waals surface area contributed by atoms with Crippen molar-refractivity contribution in [3.63, 3.8) is 0 Å². The standard InChI is InChI=1S/C28H32F9N3O4S/c1-2-39(15-18-5-3-17(4-6-18)11-24(41)42)25-20(12-23(14-38-25)28(35,36)37)16-40(45(43)44)8-7-19-9-21(26(29,30)31)13-22(10-19)27(32,33)34/h9-10,12-14,17-18H,2-8,11,15-16H2,1H3,(H,41,42)(H,43,44)/p-1. The van der Waals surface area contributed by atoms with Gasteiger partial charge in [-0.15, -0.1) is 0 Å². The van der Waals surface area contributed by atoms with Gasteiger partial charge in [0.2, 0.25) is 0 Å². The number of carbonyl (C=O) groups is 1. The van der Waals surface area contributed by atoms with Crippen LogP contribution in [0.3, 0.4) is 0 Å². The Morgan fingerprint density at radius 1 is 0.911 bits per heavy atom. The van der Waals surface area contributed by atoms with E-state index in [0.717, 1.165) is 6.07 Å². The van der Waals surface area contributed by atoms with Crippen molar-refractivity contribution in [2.75, 3.05) is 24.5 Å². The molecule has 1 aliphatic carbocycles. The predicted molar refractivity (Wildman–Crippen MR) is 144 cm³/mol. The lowest BCUT2D eigenvalue weighted by Crippen LogP contribution is -2.34. The summed E-state index contributed by atoms with van der Waals surface area (Å²) in [6, 6.07) is 1.58. The number of benzene rings is 1. The summed E-state index contributed by atoms with van der Waals surface area (Å²) in [7, 11) is 0. The van der Waals surface area contributed by atoms with E-state index in [9.17, 15) is 53.1 Å². The largest absolute Gasteiger partial charge is 0.760 e. The van der Waals surface area contributed by atoms with Gasteiger partial charge in [-0.25, -0.2) is 9.29 Å². The van der Waals surface area contributed by atoms with E-state index in [4.69, 9.17) is 5.11 Å². The summed E-state index contributed by atoms with van der Waals surface area (Å²) in [4.78, 5) is 16.7. The van der Waals surface area contributed by atoms with Gasteiger partial charge in [-0.05, 0) is 80.7 Å². The lowest BCUT2D eigenvalue weighted by molar-refractivity contribution is -0.143. The lowest BCUT2D eigenvalue weighted by Gasteiger charge is -2.34. The Morgan fingerprint density at radius 3 is 1.91 bits per heavy atom. The van der Waals surface area contributed by atoms with E-state index in [2.05, 4.69) is 4.98 Å². The number of rotatable bonds is 12. The Balaban J connectivity index is 1.88. The fourth-order valence-electron chi connectivity index (χ4n) is 5.42. The van der Waals surface area contributed by atoms with Gasteiger partial charge in [0.05, 0.1) is 16.7 Å². The molecule has 1 unspecified atom stereocenters. The van der Waals surface area contributed by atoms with Crippen LogP contribution in [-0.2, 0) is 47.6 Å². The molecule has 0 radical (unpaired) electrons. The molecule has 0 spiro atoms. The number of halogens is 9. The maximum absolute atomic E-state index is 13.6. The number of aromatic nitrogens is 1. The van der Waals surface area contributed by atoms with E-state index in [1.165, 1.54) is 0 Å². The smallest absolute Gasteiger partial charge is 0.417 e. The molecule has 1 aromatic carbocycles. The van der Waals surface area contributed by atoms with Crippen LogP contribution in [0.2, 0.25) is 0 Å². The molecule has 1 fully saturated rings. The number of alkyl halides is 9. The van der Waals surface area contributed by atoms with Gasteiger partial charge in [-0.3, -0.25) is 9.00 Å². The van der Waals surface area contributed by atoms with E-state index < -0.39 is 77.5 Å². The SMILES string of the molecule is CCN(CC1CCC(CC(=O)O)CC1)c1ncc(C(F)(F)F)cc1CN(CCc1cc(C(F)(F)F)cc(C(F)(F)F)c1)S(=O)[O-]. The van der Waals surface area contributed by atoms with Crippen molar-refractivity contribution >= 4 is 23.1 Å². The number of nitrogens with zero attached hydrogens (tertiary/aromatic N) is 3. The van der Waals surface area contributed by atoms with Crippen LogP contribution in [0, 0.1) is 11.8 Å². The van der Waals surface area contributed by atoms with E-state index in [1.807, 2.05) is 0 Å². The van der Waals surface area contributed by atoms with Crippen molar-refractivity contribution in [2.24, 2.45) is 11.8 Å². The van der Waals surface area contributed by atoms with Gasteiger partial charge < -0.3 is 14.6 Å². The number of anilines is 1. The third-order valence-electron chi connectivity index (χ3n) is 7.71. The second kappa shape index (κ2) is 14.7. The number of aliphatic carboxylic acids is 1. The van der Waals surface area contributed by atoms with Crippen molar-refractivity contribution < 1.29 is 58.2 Å². The Labute approximate surface area is 255 Å². The Hall–Kier alpha value is -2.92. The zero-order valence-electron chi connectivity index (χ0n) is 23.9. The van der Waals surface area contributed by atoms with Crippen molar-refractivity contribution in [2.45, 2.75) is 70.5 Å². The number of carboxylic acids is 1. The van der Waals surface area contributed by atoms with Crippen LogP contribution in [-0.4, -0.2) is 48.8 Å². The van der Waals surface area contributed by atoms with Crippen LogP contribution in [0.15, 0.2) is 30.5 Å².